The summed E-state index contributed by atoms with van der Waals surface area (Å²) in [6.07, 6.45) is 2.33. The van der Waals surface area contributed by atoms with Gasteiger partial charge in [-0.15, -0.1) is 0 Å². The summed E-state index contributed by atoms with van der Waals surface area (Å²) in [4.78, 5) is 9.08. The molecule has 108 valence electrons. The third-order valence-electron chi connectivity index (χ3n) is 2.75. The molecule has 0 fully saturated rings. The van der Waals surface area contributed by atoms with Crippen LogP contribution in [0.25, 0.3) is 0 Å². The van der Waals surface area contributed by atoms with E-state index in [-0.39, 0.29) is 11.5 Å². The minimum atomic E-state index is -0.0858. The van der Waals surface area contributed by atoms with Gasteiger partial charge in [0.2, 0.25) is 5.88 Å². The predicted molar refractivity (Wildman–Crippen MR) is 79.9 cm³/mol. The number of rotatable bonds is 6. The number of ether oxygens (including phenoxy) is 1. The summed E-state index contributed by atoms with van der Waals surface area (Å²) in [5, 5.41) is 3.23. The minimum Gasteiger partial charge on any atom is -0.475 e. The largest absolute Gasteiger partial charge is 0.475 e. The van der Waals surface area contributed by atoms with Gasteiger partial charge in [-0.3, -0.25) is 0 Å². The summed E-state index contributed by atoms with van der Waals surface area (Å²) in [5.74, 6) is 2.31. The maximum Gasteiger partial charge on any atom is 0.219 e. The molecule has 0 bridgehead atoms. The van der Waals surface area contributed by atoms with Crippen LogP contribution >= 0.6 is 0 Å². The molecule has 4 heteroatoms. The van der Waals surface area contributed by atoms with Crippen molar-refractivity contribution < 1.29 is 4.74 Å². The van der Waals surface area contributed by atoms with E-state index in [4.69, 9.17) is 4.74 Å². The quantitative estimate of drug-likeness (QED) is 0.850. The van der Waals surface area contributed by atoms with Gasteiger partial charge in [0.15, 0.2) is 0 Å². The molecule has 0 aromatic carbocycles. The molecule has 0 saturated heterocycles. The fourth-order valence-electron chi connectivity index (χ4n) is 1.76. The molecule has 0 saturated carbocycles. The van der Waals surface area contributed by atoms with E-state index in [1.165, 1.54) is 0 Å². The van der Waals surface area contributed by atoms with Gasteiger partial charge >= 0.3 is 0 Å². The minimum absolute atomic E-state index is 0.0858. The maximum atomic E-state index is 5.89. The summed E-state index contributed by atoms with van der Waals surface area (Å²) in [6.45, 7) is 13.5. The Morgan fingerprint density at radius 3 is 2.47 bits per heavy atom. The van der Waals surface area contributed by atoms with Gasteiger partial charge in [-0.2, -0.15) is 4.98 Å². The number of hydrogen-bond acceptors (Lipinski definition) is 4. The van der Waals surface area contributed by atoms with E-state index in [1.54, 1.807) is 0 Å². The third-order valence-corrected chi connectivity index (χ3v) is 2.75. The van der Waals surface area contributed by atoms with Crippen LogP contribution in [0.4, 0.5) is 5.82 Å². The van der Waals surface area contributed by atoms with Crippen molar-refractivity contribution >= 4 is 5.82 Å². The Morgan fingerprint density at radius 2 is 1.95 bits per heavy atom. The van der Waals surface area contributed by atoms with Crippen LogP contribution in [0.15, 0.2) is 6.07 Å². The topological polar surface area (TPSA) is 47.0 Å². The molecule has 0 amide bonds. The molecule has 19 heavy (non-hydrogen) atoms. The molecular formula is C15H27N3O. The van der Waals surface area contributed by atoms with Crippen molar-refractivity contribution in [2.75, 3.05) is 11.9 Å². The number of aromatic nitrogens is 2. The van der Waals surface area contributed by atoms with Gasteiger partial charge in [-0.1, -0.05) is 34.1 Å². The van der Waals surface area contributed by atoms with Crippen LogP contribution in [0, 0.1) is 0 Å². The molecule has 1 N–H and O–H groups in total. The van der Waals surface area contributed by atoms with Crippen molar-refractivity contribution in [3.63, 3.8) is 0 Å². The second kappa shape index (κ2) is 6.73. The number of nitrogens with zero attached hydrogens (tertiary/aromatic N) is 2. The standard InChI is InChI=1S/C15H27N3O/c1-7-9-11(3)19-13-10-12(16-8-2)17-14(18-13)15(4,5)6/h10-11H,7-9H2,1-6H3,(H,16,17,18). The molecule has 0 radical (unpaired) electrons. The Kier molecular flexibility index (Phi) is 5.58. The Bertz CT molecular complexity index is 399. The second-order valence-corrected chi connectivity index (χ2v) is 5.91. The highest BCUT2D eigenvalue weighted by molar-refractivity contribution is 5.39. The number of hydrogen-bond donors (Lipinski definition) is 1. The average molecular weight is 265 g/mol. The Hall–Kier alpha value is -1.32. The van der Waals surface area contributed by atoms with Crippen molar-refractivity contribution in [1.29, 1.82) is 0 Å². The van der Waals surface area contributed by atoms with Gasteiger partial charge in [0.05, 0.1) is 6.10 Å². The smallest absolute Gasteiger partial charge is 0.219 e. The second-order valence-electron chi connectivity index (χ2n) is 5.91. The van der Waals surface area contributed by atoms with Gasteiger partial charge in [0, 0.05) is 18.0 Å². The van der Waals surface area contributed by atoms with Crippen LogP contribution in [0.2, 0.25) is 0 Å². The Morgan fingerprint density at radius 1 is 1.26 bits per heavy atom. The lowest BCUT2D eigenvalue weighted by molar-refractivity contribution is 0.200. The van der Waals surface area contributed by atoms with E-state index in [0.29, 0.717) is 5.88 Å². The van der Waals surface area contributed by atoms with E-state index in [1.807, 2.05) is 6.07 Å². The molecule has 0 aliphatic rings. The first-order valence-corrected chi connectivity index (χ1v) is 7.16. The highest BCUT2D eigenvalue weighted by atomic mass is 16.5. The fourth-order valence-corrected chi connectivity index (χ4v) is 1.76. The van der Waals surface area contributed by atoms with Gasteiger partial charge in [0.1, 0.15) is 11.6 Å². The first-order chi connectivity index (χ1) is 8.86. The van der Waals surface area contributed by atoms with Gasteiger partial charge in [0.25, 0.3) is 0 Å². The highest BCUT2D eigenvalue weighted by Gasteiger charge is 2.20. The lowest BCUT2D eigenvalue weighted by Crippen LogP contribution is -2.19. The molecule has 1 aromatic rings. The van der Waals surface area contributed by atoms with Crippen LogP contribution in [0.1, 0.15) is 60.2 Å². The zero-order valence-electron chi connectivity index (χ0n) is 13.1. The van der Waals surface area contributed by atoms with Gasteiger partial charge < -0.3 is 10.1 Å². The Labute approximate surface area is 117 Å². The van der Waals surface area contributed by atoms with E-state index < -0.39 is 0 Å². The molecule has 0 aliphatic heterocycles. The van der Waals surface area contributed by atoms with Crippen molar-refractivity contribution in [2.45, 2.75) is 65.9 Å². The molecule has 1 unspecified atom stereocenters. The van der Waals surface area contributed by atoms with Gasteiger partial charge in [-0.05, 0) is 20.3 Å². The zero-order valence-corrected chi connectivity index (χ0v) is 13.1. The summed E-state index contributed by atoms with van der Waals surface area (Å²) in [5.41, 5.74) is -0.0858. The average Bonchev–Trinajstić information content (AvgIpc) is 2.28. The molecule has 1 heterocycles. The number of nitrogens with one attached hydrogen (secondary N) is 1. The normalized spacial score (nSPS) is 13.2. The summed E-state index contributed by atoms with van der Waals surface area (Å²) < 4.78 is 5.89. The van der Waals surface area contributed by atoms with Crippen molar-refractivity contribution in [2.24, 2.45) is 0 Å². The van der Waals surface area contributed by atoms with Crippen molar-refractivity contribution in [3.05, 3.63) is 11.9 Å². The van der Waals surface area contributed by atoms with Crippen LogP contribution < -0.4 is 10.1 Å². The lowest BCUT2D eigenvalue weighted by Gasteiger charge is -2.20. The van der Waals surface area contributed by atoms with Crippen LogP contribution in [-0.2, 0) is 5.41 Å². The third kappa shape index (κ3) is 5.05. The summed E-state index contributed by atoms with van der Waals surface area (Å²) >= 11 is 0. The SMILES string of the molecule is CCCC(C)Oc1cc(NCC)nc(C(C)(C)C)n1. The fraction of sp³-hybridized carbons (Fsp3) is 0.733. The molecule has 4 nitrogen and oxygen atoms in total. The molecule has 0 aliphatic carbocycles. The van der Waals surface area contributed by atoms with E-state index in [0.717, 1.165) is 31.0 Å². The molecule has 1 atom stereocenters. The lowest BCUT2D eigenvalue weighted by atomic mass is 9.96. The first-order valence-electron chi connectivity index (χ1n) is 7.16. The summed E-state index contributed by atoms with van der Waals surface area (Å²) in [7, 11) is 0. The molecular weight excluding hydrogens is 238 g/mol. The van der Waals surface area contributed by atoms with E-state index in [9.17, 15) is 0 Å². The Balaban J connectivity index is 2.99. The predicted octanol–water partition coefficient (Wildman–Crippen LogP) is 3.77. The monoisotopic (exact) mass is 265 g/mol. The number of anilines is 1. The maximum absolute atomic E-state index is 5.89. The zero-order chi connectivity index (χ0) is 14.5. The van der Waals surface area contributed by atoms with E-state index >= 15 is 0 Å². The first kappa shape index (κ1) is 15.7. The van der Waals surface area contributed by atoms with Crippen LogP contribution in [-0.4, -0.2) is 22.6 Å². The molecule has 0 spiro atoms. The van der Waals surface area contributed by atoms with Crippen LogP contribution in [0.5, 0.6) is 5.88 Å². The molecule has 1 rings (SSSR count). The molecule has 1 aromatic heterocycles. The highest BCUT2D eigenvalue weighted by Crippen LogP contribution is 2.24. The van der Waals surface area contributed by atoms with E-state index in [2.05, 4.69) is 56.8 Å². The van der Waals surface area contributed by atoms with Crippen LogP contribution in [0.3, 0.4) is 0 Å². The van der Waals surface area contributed by atoms with Crippen molar-refractivity contribution in [1.82, 2.24) is 9.97 Å². The van der Waals surface area contributed by atoms with Gasteiger partial charge in [-0.25, -0.2) is 4.98 Å². The van der Waals surface area contributed by atoms with Crippen molar-refractivity contribution in [3.8, 4) is 5.88 Å². The summed E-state index contributed by atoms with van der Waals surface area (Å²) in [6, 6.07) is 1.88.